The molecule has 0 saturated heterocycles. The van der Waals surface area contributed by atoms with Gasteiger partial charge in [0.2, 0.25) is 0 Å². The number of carbonyl (C=O) groups excluding carboxylic acids is 1. The number of benzene rings is 1. The fraction of sp³-hybridized carbons (Fsp3) is 0.150. The fourth-order valence-corrected chi connectivity index (χ4v) is 2.54. The van der Waals surface area contributed by atoms with Crippen LogP contribution in [0, 0.1) is 0 Å². The molecule has 0 aliphatic carbocycles. The van der Waals surface area contributed by atoms with Crippen molar-refractivity contribution < 1.29 is 4.79 Å². The molecule has 3 N–H and O–H groups in total. The van der Waals surface area contributed by atoms with E-state index in [2.05, 4.69) is 15.3 Å². The Balaban J connectivity index is 1.93. The number of carbonyl (C=O) groups is 1. The minimum Gasteiger partial charge on any atom is -0.398 e. The largest absolute Gasteiger partial charge is 0.398 e. The maximum absolute atomic E-state index is 12.3. The molecule has 0 unspecified atom stereocenters. The number of nitrogen functional groups attached to an aromatic ring is 1. The highest BCUT2D eigenvalue weighted by Crippen LogP contribution is 2.26. The summed E-state index contributed by atoms with van der Waals surface area (Å²) < 4.78 is 0. The molecule has 0 aliphatic rings. The SMILES string of the molecule is CC(C)=CCNC(=O)c1ccc2nc(-c3cccnc3)ccc2c1N. The Bertz CT molecular complexity index is 945. The summed E-state index contributed by atoms with van der Waals surface area (Å²) in [5.41, 5.74) is 10.8. The molecule has 0 atom stereocenters. The highest BCUT2D eigenvalue weighted by atomic mass is 16.1. The van der Waals surface area contributed by atoms with Gasteiger partial charge in [0.15, 0.2) is 0 Å². The summed E-state index contributed by atoms with van der Waals surface area (Å²) in [7, 11) is 0. The van der Waals surface area contributed by atoms with Gasteiger partial charge >= 0.3 is 0 Å². The van der Waals surface area contributed by atoms with E-state index >= 15 is 0 Å². The first-order chi connectivity index (χ1) is 12.1. The first-order valence-electron chi connectivity index (χ1n) is 8.07. The van der Waals surface area contributed by atoms with Gasteiger partial charge in [-0.2, -0.15) is 0 Å². The number of anilines is 1. The zero-order valence-electron chi connectivity index (χ0n) is 14.3. The summed E-state index contributed by atoms with van der Waals surface area (Å²) in [5, 5.41) is 3.62. The van der Waals surface area contributed by atoms with E-state index in [1.165, 1.54) is 0 Å². The van der Waals surface area contributed by atoms with E-state index in [1.807, 2.05) is 50.3 Å². The van der Waals surface area contributed by atoms with Crippen molar-refractivity contribution in [1.82, 2.24) is 15.3 Å². The molecule has 0 radical (unpaired) electrons. The third-order valence-electron chi connectivity index (χ3n) is 3.89. The highest BCUT2D eigenvalue weighted by Gasteiger charge is 2.13. The van der Waals surface area contributed by atoms with Gasteiger partial charge in [-0.15, -0.1) is 0 Å². The summed E-state index contributed by atoms with van der Waals surface area (Å²) in [6, 6.07) is 11.1. The van der Waals surface area contributed by atoms with Gasteiger partial charge in [-0.1, -0.05) is 11.6 Å². The van der Waals surface area contributed by atoms with Crippen LogP contribution in [-0.2, 0) is 0 Å². The number of pyridine rings is 2. The minimum atomic E-state index is -0.187. The molecule has 1 aromatic carbocycles. The van der Waals surface area contributed by atoms with Crippen molar-refractivity contribution in [3.05, 3.63) is 66.0 Å². The number of hydrogen-bond acceptors (Lipinski definition) is 4. The third-order valence-corrected chi connectivity index (χ3v) is 3.89. The van der Waals surface area contributed by atoms with Crippen LogP contribution in [0.4, 0.5) is 5.69 Å². The van der Waals surface area contributed by atoms with Crippen LogP contribution < -0.4 is 11.1 Å². The van der Waals surface area contributed by atoms with Crippen LogP contribution in [0.3, 0.4) is 0 Å². The zero-order valence-corrected chi connectivity index (χ0v) is 14.3. The molecule has 2 aromatic heterocycles. The van der Waals surface area contributed by atoms with Crippen LogP contribution in [0.2, 0.25) is 0 Å². The van der Waals surface area contributed by atoms with Crippen molar-refractivity contribution in [2.24, 2.45) is 0 Å². The number of nitrogens with zero attached hydrogens (tertiary/aromatic N) is 2. The first kappa shape index (κ1) is 16.6. The van der Waals surface area contributed by atoms with E-state index in [0.29, 0.717) is 17.8 Å². The normalized spacial score (nSPS) is 10.5. The van der Waals surface area contributed by atoms with Crippen molar-refractivity contribution >= 4 is 22.5 Å². The fourth-order valence-electron chi connectivity index (χ4n) is 2.54. The smallest absolute Gasteiger partial charge is 0.253 e. The quantitative estimate of drug-likeness (QED) is 0.565. The maximum Gasteiger partial charge on any atom is 0.253 e. The molecule has 2 heterocycles. The molecular weight excluding hydrogens is 312 g/mol. The summed E-state index contributed by atoms with van der Waals surface area (Å²) in [5.74, 6) is -0.187. The number of nitrogens with one attached hydrogen (secondary N) is 1. The Labute approximate surface area is 146 Å². The molecule has 0 bridgehead atoms. The number of allylic oxidation sites excluding steroid dienone is 1. The van der Waals surface area contributed by atoms with E-state index < -0.39 is 0 Å². The van der Waals surface area contributed by atoms with Crippen molar-refractivity contribution in [1.29, 1.82) is 0 Å². The molecule has 1 amide bonds. The van der Waals surface area contributed by atoms with Crippen molar-refractivity contribution in [3.8, 4) is 11.3 Å². The van der Waals surface area contributed by atoms with Crippen LogP contribution in [-0.4, -0.2) is 22.4 Å². The third kappa shape index (κ3) is 3.66. The molecule has 0 saturated carbocycles. The van der Waals surface area contributed by atoms with Gasteiger partial charge < -0.3 is 11.1 Å². The number of amides is 1. The lowest BCUT2D eigenvalue weighted by molar-refractivity contribution is 0.0959. The maximum atomic E-state index is 12.3. The molecule has 0 spiro atoms. The van der Waals surface area contributed by atoms with Crippen molar-refractivity contribution in [2.45, 2.75) is 13.8 Å². The van der Waals surface area contributed by atoms with Gasteiger partial charge in [-0.3, -0.25) is 9.78 Å². The molecule has 0 fully saturated rings. The zero-order chi connectivity index (χ0) is 17.8. The number of nitrogens with two attached hydrogens (primary N) is 1. The Morgan fingerprint density at radius 1 is 1.20 bits per heavy atom. The average molecular weight is 332 g/mol. The second kappa shape index (κ2) is 7.13. The summed E-state index contributed by atoms with van der Waals surface area (Å²) >= 11 is 0. The molecule has 5 heteroatoms. The van der Waals surface area contributed by atoms with E-state index in [9.17, 15) is 4.79 Å². The van der Waals surface area contributed by atoms with Crippen LogP contribution in [0.5, 0.6) is 0 Å². The molecule has 0 aliphatic heterocycles. The number of hydrogen-bond donors (Lipinski definition) is 2. The Hall–Kier alpha value is -3.21. The predicted molar refractivity (Wildman–Crippen MR) is 101 cm³/mol. The van der Waals surface area contributed by atoms with E-state index in [0.717, 1.165) is 27.7 Å². The number of aromatic nitrogens is 2. The topological polar surface area (TPSA) is 80.9 Å². The lowest BCUT2D eigenvalue weighted by Crippen LogP contribution is -2.24. The van der Waals surface area contributed by atoms with Gasteiger partial charge in [0.05, 0.1) is 22.5 Å². The monoisotopic (exact) mass is 332 g/mol. The summed E-state index contributed by atoms with van der Waals surface area (Å²) in [4.78, 5) is 21.1. The Morgan fingerprint density at radius 3 is 2.76 bits per heavy atom. The van der Waals surface area contributed by atoms with Crippen LogP contribution >= 0.6 is 0 Å². The Kier molecular flexibility index (Phi) is 4.75. The lowest BCUT2D eigenvalue weighted by Gasteiger charge is -2.10. The molecule has 5 nitrogen and oxygen atoms in total. The molecule has 3 aromatic rings. The number of rotatable bonds is 4. The standard InChI is InChI=1S/C20H20N4O/c1-13(2)9-11-23-20(25)16-6-8-18-15(19(16)21)5-7-17(24-18)14-4-3-10-22-12-14/h3-10,12H,11,21H2,1-2H3,(H,23,25). The second-order valence-corrected chi connectivity index (χ2v) is 6.02. The van der Waals surface area contributed by atoms with E-state index in [4.69, 9.17) is 5.73 Å². The number of fused-ring (bicyclic) bond motifs is 1. The van der Waals surface area contributed by atoms with Gasteiger partial charge in [-0.25, -0.2) is 4.98 Å². The van der Waals surface area contributed by atoms with Crippen molar-refractivity contribution in [2.75, 3.05) is 12.3 Å². The molecule has 25 heavy (non-hydrogen) atoms. The van der Waals surface area contributed by atoms with Crippen LogP contribution in [0.25, 0.3) is 22.2 Å². The predicted octanol–water partition coefficient (Wildman–Crippen LogP) is 3.58. The minimum absolute atomic E-state index is 0.187. The lowest BCUT2D eigenvalue weighted by atomic mass is 10.1. The molecule has 3 rings (SSSR count). The molecule has 126 valence electrons. The summed E-state index contributed by atoms with van der Waals surface area (Å²) in [6.45, 7) is 4.46. The molecular formula is C20H20N4O. The van der Waals surface area contributed by atoms with E-state index in [-0.39, 0.29) is 5.91 Å². The Morgan fingerprint density at radius 2 is 2.04 bits per heavy atom. The van der Waals surface area contributed by atoms with Gasteiger partial charge in [-0.05, 0) is 50.2 Å². The van der Waals surface area contributed by atoms with Gasteiger partial charge in [0.25, 0.3) is 5.91 Å². The van der Waals surface area contributed by atoms with E-state index in [1.54, 1.807) is 18.5 Å². The summed E-state index contributed by atoms with van der Waals surface area (Å²) in [6.07, 6.45) is 5.45. The first-order valence-corrected chi connectivity index (χ1v) is 8.07. The highest BCUT2D eigenvalue weighted by molar-refractivity contribution is 6.07. The van der Waals surface area contributed by atoms with Crippen LogP contribution in [0.1, 0.15) is 24.2 Å². The van der Waals surface area contributed by atoms with Gasteiger partial charge in [0.1, 0.15) is 0 Å². The van der Waals surface area contributed by atoms with Gasteiger partial charge in [0, 0.05) is 29.9 Å². The van der Waals surface area contributed by atoms with Crippen LogP contribution in [0.15, 0.2) is 60.4 Å². The van der Waals surface area contributed by atoms with Crippen molar-refractivity contribution in [3.63, 3.8) is 0 Å². The average Bonchev–Trinajstić information content (AvgIpc) is 2.62. The second-order valence-electron chi connectivity index (χ2n) is 6.02.